The molecule has 0 fully saturated rings. The highest BCUT2D eigenvalue weighted by atomic mass is 16.1. The highest BCUT2D eigenvalue weighted by molar-refractivity contribution is 5.99. The molecule has 0 saturated carbocycles. The van der Waals surface area contributed by atoms with Crippen LogP contribution in [0.4, 0.5) is 0 Å². The fourth-order valence-electron chi connectivity index (χ4n) is 3.00. The molecule has 0 N–H and O–H groups in total. The van der Waals surface area contributed by atoms with E-state index in [0.29, 0.717) is 6.42 Å². The van der Waals surface area contributed by atoms with Gasteiger partial charge in [0.1, 0.15) is 0 Å². The van der Waals surface area contributed by atoms with Crippen molar-refractivity contribution in [3.8, 4) is 5.69 Å². The van der Waals surface area contributed by atoms with Crippen molar-refractivity contribution >= 4 is 5.78 Å². The van der Waals surface area contributed by atoms with E-state index in [1.165, 1.54) is 0 Å². The summed E-state index contributed by atoms with van der Waals surface area (Å²) in [6.45, 7) is 6.36. The van der Waals surface area contributed by atoms with Crippen LogP contribution in [0.15, 0.2) is 30.6 Å². The summed E-state index contributed by atoms with van der Waals surface area (Å²) in [5.41, 5.74) is 4.19. The third-order valence-corrected chi connectivity index (χ3v) is 3.78. The van der Waals surface area contributed by atoms with Crippen molar-refractivity contribution in [1.82, 2.24) is 9.55 Å². The Labute approximate surface area is 113 Å². The second-order valence-electron chi connectivity index (χ2n) is 6.13. The summed E-state index contributed by atoms with van der Waals surface area (Å²) in [5, 5.41) is 0. The molecular formula is C16H18N2O. The quantitative estimate of drug-likeness (QED) is 0.782. The molecule has 3 rings (SSSR count). The number of Topliss-reactive ketones (excluding diaryl/α,β-unsaturated/α-hetero) is 1. The molecular weight excluding hydrogens is 236 g/mol. The first-order valence-electron chi connectivity index (χ1n) is 6.63. The van der Waals surface area contributed by atoms with Gasteiger partial charge in [0, 0.05) is 29.6 Å². The van der Waals surface area contributed by atoms with E-state index in [4.69, 9.17) is 0 Å². The van der Waals surface area contributed by atoms with Crippen molar-refractivity contribution in [1.29, 1.82) is 0 Å². The smallest absolute Gasteiger partial charge is 0.165 e. The molecule has 1 aliphatic rings. The van der Waals surface area contributed by atoms with Crippen LogP contribution in [0.5, 0.6) is 0 Å². The first kappa shape index (κ1) is 12.2. The number of aryl methyl sites for hydroxylation is 1. The summed E-state index contributed by atoms with van der Waals surface area (Å²) < 4.78 is 2.17. The molecule has 19 heavy (non-hydrogen) atoms. The van der Waals surface area contributed by atoms with Gasteiger partial charge in [0.15, 0.2) is 5.78 Å². The van der Waals surface area contributed by atoms with Crippen LogP contribution < -0.4 is 0 Å². The number of rotatable bonds is 1. The van der Waals surface area contributed by atoms with E-state index in [9.17, 15) is 4.79 Å². The molecule has 3 nitrogen and oxygen atoms in total. The van der Waals surface area contributed by atoms with Crippen molar-refractivity contribution in [3.05, 3.63) is 47.5 Å². The third kappa shape index (κ3) is 1.99. The van der Waals surface area contributed by atoms with Crippen LogP contribution in [-0.2, 0) is 6.42 Å². The molecule has 0 aliphatic heterocycles. The largest absolute Gasteiger partial charge is 0.316 e. The maximum absolute atomic E-state index is 12.3. The Morgan fingerprint density at radius 2 is 2.11 bits per heavy atom. The summed E-state index contributed by atoms with van der Waals surface area (Å²) in [4.78, 5) is 16.4. The molecule has 2 aromatic heterocycles. The number of carbonyl (C=O) groups is 1. The monoisotopic (exact) mass is 254 g/mol. The predicted molar refractivity (Wildman–Crippen MR) is 74.7 cm³/mol. The fourth-order valence-corrected chi connectivity index (χ4v) is 3.00. The van der Waals surface area contributed by atoms with E-state index in [1.54, 1.807) is 6.20 Å². The van der Waals surface area contributed by atoms with Gasteiger partial charge in [0.05, 0.1) is 11.9 Å². The van der Waals surface area contributed by atoms with Crippen LogP contribution >= 0.6 is 0 Å². The molecule has 0 aromatic carbocycles. The Hall–Kier alpha value is -1.90. The number of hydrogen-bond donors (Lipinski definition) is 0. The van der Waals surface area contributed by atoms with E-state index in [-0.39, 0.29) is 11.2 Å². The third-order valence-electron chi connectivity index (χ3n) is 3.78. The number of nitrogens with zero attached hydrogens (tertiary/aromatic N) is 2. The molecule has 1 aliphatic carbocycles. The molecule has 3 heteroatoms. The normalized spacial score (nSPS) is 17.3. The number of pyridine rings is 1. The SMILES string of the molecule is Cc1cc2c(n1-c1cccnc1)CC(C)(C)CC2=O. The summed E-state index contributed by atoms with van der Waals surface area (Å²) >= 11 is 0. The average Bonchev–Trinajstić information content (AvgIpc) is 2.65. The van der Waals surface area contributed by atoms with Crippen LogP contribution in [0.1, 0.15) is 42.0 Å². The zero-order valence-corrected chi connectivity index (χ0v) is 11.6. The van der Waals surface area contributed by atoms with Gasteiger partial charge in [0.2, 0.25) is 0 Å². The molecule has 0 bridgehead atoms. The Kier molecular flexibility index (Phi) is 2.59. The van der Waals surface area contributed by atoms with Gasteiger partial charge in [-0.2, -0.15) is 0 Å². The lowest BCUT2D eigenvalue weighted by molar-refractivity contribution is 0.0911. The van der Waals surface area contributed by atoms with E-state index >= 15 is 0 Å². The molecule has 0 spiro atoms. The molecule has 0 unspecified atom stereocenters. The van der Waals surface area contributed by atoms with E-state index < -0.39 is 0 Å². The molecule has 2 heterocycles. The number of aromatic nitrogens is 2. The lowest BCUT2D eigenvalue weighted by Crippen LogP contribution is -2.27. The number of ketones is 1. The van der Waals surface area contributed by atoms with Crippen LogP contribution in [-0.4, -0.2) is 15.3 Å². The van der Waals surface area contributed by atoms with Crippen LogP contribution in [0.2, 0.25) is 0 Å². The van der Waals surface area contributed by atoms with Crippen molar-refractivity contribution in [3.63, 3.8) is 0 Å². The fraction of sp³-hybridized carbons (Fsp3) is 0.375. The number of hydrogen-bond acceptors (Lipinski definition) is 2. The van der Waals surface area contributed by atoms with E-state index in [2.05, 4.69) is 23.4 Å². The van der Waals surface area contributed by atoms with Crippen molar-refractivity contribution in [2.75, 3.05) is 0 Å². The van der Waals surface area contributed by atoms with Crippen LogP contribution in [0.3, 0.4) is 0 Å². The second-order valence-corrected chi connectivity index (χ2v) is 6.13. The van der Waals surface area contributed by atoms with Gasteiger partial charge in [0.25, 0.3) is 0 Å². The molecule has 0 radical (unpaired) electrons. The van der Waals surface area contributed by atoms with Gasteiger partial charge in [-0.05, 0) is 37.0 Å². The number of carbonyl (C=O) groups excluding carboxylic acids is 1. The number of fused-ring (bicyclic) bond motifs is 1. The first-order chi connectivity index (χ1) is 8.98. The maximum Gasteiger partial charge on any atom is 0.165 e. The minimum atomic E-state index is 0.0365. The lowest BCUT2D eigenvalue weighted by atomic mass is 9.76. The minimum absolute atomic E-state index is 0.0365. The zero-order valence-electron chi connectivity index (χ0n) is 11.6. The standard InChI is InChI=1S/C16H18N2O/c1-11-7-13-14(8-16(2,3)9-15(13)19)18(11)12-5-4-6-17-10-12/h4-7,10H,8-9H2,1-3H3. The Bertz CT molecular complexity index is 638. The van der Waals surface area contributed by atoms with E-state index in [1.807, 2.05) is 31.3 Å². The summed E-state index contributed by atoms with van der Waals surface area (Å²) in [6, 6.07) is 5.98. The second kappa shape index (κ2) is 4.05. The van der Waals surface area contributed by atoms with Gasteiger partial charge in [-0.25, -0.2) is 0 Å². The predicted octanol–water partition coefficient (Wildman–Crippen LogP) is 3.34. The van der Waals surface area contributed by atoms with Gasteiger partial charge in [-0.15, -0.1) is 0 Å². The zero-order chi connectivity index (χ0) is 13.6. The molecule has 0 amide bonds. The maximum atomic E-state index is 12.3. The first-order valence-corrected chi connectivity index (χ1v) is 6.63. The summed E-state index contributed by atoms with van der Waals surface area (Å²) in [6.07, 6.45) is 5.18. The highest BCUT2D eigenvalue weighted by Gasteiger charge is 2.34. The van der Waals surface area contributed by atoms with Gasteiger partial charge in [-0.3, -0.25) is 9.78 Å². The molecule has 0 saturated heterocycles. The highest BCUT2D eigenvalue weighted by Crippen LogP contribution is 2.37. The van der Waals surface area contributed by atoms with Crippen molar-refractivity contribution in [2.45, 2.75) is 33.6 Å². The topological polar surface area (TPSA) is 34.9 Å². The van der Waals surface area contributed by atoms with Crippen molar-refractivity contribution in [2.24, 2.45) is 5.41 Å². The van der Waals surface area contributed by atoms with E-state index in [0.717, 1.165) is 29.1 Å². The average molecular weight is 254 g/mol. The summed E-state index contributed by atoms with van der Waals surface area (Å²) in [7, 11) is 0. The summed E-state index contributed by atoms with van der Waals surface area (Å²) in [5.74, 6) is 0.261. The molecule has 0 atom stereocenters. The van der Waals surface area contributed by atoms with Gasteiger partial charge >= 0.3 is 0 Å². The Morgan fingerprint density at radius 1 is 1.32 bits per heavy atom. The minimum Gasteiger partial charge on any atom is -0.316 e. The Morgan fingerprint density at radius 3 is 2.79 bits per heavy atom. The molecule has 2 aromatic rings. The molecule has 98 valence electrons. The van der Waals surface area contributed by atoms with Gasteiger partial charge in [-0.1, -0.05) is 13.8 Å². The van der Waals surface area contributed by atoms with Gasteiger partial charge < -0.3 is 4.57 Å². The van der Waals surface area contributed by atoms with Crippen molar-refractivity contribution < 1.29 is 4.79 Å². The Balaban J connectivity index is 2.21. The van der Waals surface area contributed by atoms with Crippen LogP contribution in [0.25, 0.3) is 5.69 Å². The van der Waals surface area contributed by atoms with Crippen LogP contribution in [0, 0.1) is 12.3 Å². The lowest BCUT2D eigenvalue weighted by Gasteiger charge is -2.29.